The Morgan fingerprint density at radius 3 is 0.467 bits per heavy atom. The maximum atomic E-state index is 2.18. The molecule has 0 aliphatic carbocycles. The molecule has 0 heterocycles. The summed E-state index contributed by atoms with van der Waals surface area (Å²) in [4.78, 5) is 0. The summed E-state index contributed by atoms with van der Waals surface area (Å²) in [6.07, 6.45) is 2.64. The second-order valence-electron chi connectivity index (χ2n) is 1.000. The molecule has 0 bridgehead atoms. The van der Waals surface area contributed by atoms with Gasteiger partial charge in [0.15, 0.2) is 0 Å². The topological polar surface area (TPSA) is 0 Å². The van der Waals surface area contributed by atoms with Crippen molar-refractivity contribution in [1.29, 1.82) is 0 Å². The van der Waals surface area contributed by atoms with Gasteiger partial charge >= 0.3 is 0 Å². The van der Waals surface area contributed by atoms with E-state index in [0.29, 0.717) is 0 Å². The van der Waals surface area contributed by atoms with Crippen LogP contribution < -0.4 is 0 Å². The molecule has 0 radical (unpaired) electrons. The van der Waals surface area contributed by atoms with Crippen molar-refractivity contribution in [2.24, 2.45) is 0 Å². The van der Waals surface area contributed by atoms with Gasteiger partial charge in [-0.1, -0.05) is 103 Å². The molecule has 0 fully saturated rings. The van der Waals surface area contributed by atoms with Crippen molar-refractivity contribution in [2.75, 3.05) is 0 Å². The third-order valence-electron chi connectivity index (χ3n) is 0.500. The fourth-order valence-corrected chi connectivity index (χ4v) is 0. The smallest absolute Gasteiger partial charge is 0.0564 e. The van der Waals surface area contributed by atoms with Crippen molar-refractivity contribution >= 4 is 0 Å². The van der Waals surface area contributed by atoms with Gasteiger partial charge in [-0.25, -0.2) is 0 Å². The monoisotopic (exact) mass is 224 g/mol. The van der Waals surface area contributed by atoms with E-state index in [-0.39, 0.29) is 7.43 Å². The minimum atomic E-state index is 0. The van der Waals surface area contributed by atoms with Crippen LogP contribution in [0.4, 0.5) is 0 Å². The Kier molecular flexibility index (Phi) is 1810. The van der Waals surface area contributed by atoms with Crippen molar-refractivity contribution in [3.05, 3.63) is 0 Å². The molecule has 0 aliphatic rings. The van der Waals surface area contributed by atoms with E-state index in [9.17, 15) is 0 Å². The first-order chi connectivity index (χ1) is 6.91. The highest BCUT2D eigenvalue weighted by Crippen LogP contribution is 1.76. The molecule has 0 aromatic carbocycles. The lowest BCUT2D eigenvalue weighted by molar-refractivity contribution is 0.886. The van der Waals surface area contributed by atoms with Crippen LogP contribution in [0.5, 0.6) is 0 Å². The molecular formula is C15H44. The predicted molar refractivity (Wildman–Crippen MR) is 84.1 cm³/mol. The molecule has 0 saturated heterocycles. The van der Waals surface area contributed by atoms with Gasteiger partial charge in [0, 0.05) is 0 Å². The first kappa shape index (κ1) is 45.9. The molecule has 0 aromatic heterocycles. The summed E-state index contributed by atoms with van der Waals surface area (Å²) in [6, 6.07) is 0. The molecule has 0 aromatic rings. The van der Waals surface area contributed by atoms with Crippen LogP contribution >= 0.6 is 0 Å². The molecule has 0 saturated carbocycles. The van der Waals surface area contributed by atoms with E-state index in [1.807, 2.05) is 69.2 Å². The maximum absolute atomic E-state index is 2.18. The lowest BCUT2D eigenvalue weighted by atomic mass is 10.4. The zero-order chi connectivity index (χ0) is 13.4. The highest BCUT2D eigenvalue weighted by Gasteiger charge is 1.56. The van der Waals surface area contributed by atoms with Crippen molar-refractivity contribution in [2.45, 2.75) is 103 Å². The summed E-state index contributed by atoms with van der Waals surface area (Å²) in [5.74, 6) is 0. The second-order valence-corrected chi connectivity index (χ2v) is 1.000. The zero-order valence-electron chi connectivity index (χ0n) is 13.4. The summed E-state index contributed by atoms with van der Waals surface area (Å²) < 4.78 is 0. The standard InChI is InChI=1S/C4H10.5C2H6.CH4/c1-3-4-2;5*1-2;/h3-4H2,1-2H3;5*1-2H3;1H4. The minimum absolute atomic E-state index is 0. The van der Waals surface area contributed by atoms with Crippen LogP contribution in [0.2, 0.25) is 0 Å². The van der Waals surface area contributed by atoms with Gasteiger partial charge in [-0.3, -0.25) is 0 Å². The maximum Gasteiger partial charge on any atom is -0.0564 e. The Balaban J connectivity index is -0.0000000105. The molecule has 0 N–H and O–H groups in total. The van der Waals surface area contributed by atoms with Gasteiger partial charge in [-0.05, 0) is 0 Å². The highest BCUT2D eigenvalue weighted by atomic mass is 13.6. The van der Waals surface area contributed by atoms with E-state index in [2.05, 4.69) is 13.8 Å². The van der Waals surface area contributed by atoms with Crippen molar-refractivity contribution in [1.82, 2.24) is 0 Å². The average molecular weight is 225 g/mol. The summed E-state index contributed by atoms with van der Waals surface area (Å²) >= 11 is 0. The molecule has 0 heteroatoms. The molecule has 104 valence electrons. The molecule has 0 spiro atoms. The van der Waals surface area contributed by atoms with Gasteiger partial charge in [0.05, 0.1) is 0 Å². The second kappa shape index (κ2) is 592. The van der Waals surface area contributed by atoms with Crippen LogP contribution in [0.3, 0.4) is 0 Å². The molecule has 0 aliphatic heterocycles. The minimum Gasteiger partial charge on any atom is -0.0776 e. The van der Waals surface area contributed by atoms with Gasteiger partial charge in [-0.2, -0.15) is 0 Å². The molecule has 0 atom stereocenters. The molecule has 15 heavy (non-hydrogen) atoms. The van der Waals surface area contributed by atoms with Gasteiger partial charge in [0.25, 0.3) is 0 Å². The fraction of sp³-hybridized carbons (Fsp3) is 1.00. The van der Waals surface area contributed by atoms with Crippen molar-refractivity contribution < 1.29 is 0 Å². The number of hydrogen-bond acceptors (Lipinski definition) is 0. The summed E-state index contributed by atoms with van der Waals surface area (Å²) in [5.41, 5.74) is 0. The summed E-state index contributed by atoms with van der Waals surface area (Å²) in [6.45, 7) is 24.4. The Bertz CT molecular complexity index is 2.00. The SMILES string of the molecule is C.CC.CC.CC.CC.CC.CCCC. The Morgan fingerprint density at radius 2 is 0.467 bits per heavy atom. The van der Waals surface area contributed by atoms with Crippen LogP contribution in [0.15, 0.2) is 0 Å². The first-order valence-electron chi connectivity index (χ1n) is 6.91. The normalized spacial score (nSPS) is 4.00. The van der Waals surface area contributed by atoms with Gasteiger partial charge in [-0.15, -0.1) is 0 Å². The Labute approximate surface area is 104 Å². The average Bonchev–Trinajstić information content (AvgIpc) is 2.41. The van der Waals surface area contributed by atoms with Crippen molar-refractivity contribution in [3.8, 4) is 0 Å². The molecule has 0 amide bonds. The predicted octanol–water partition coefficient (Wildman–Crippen LogP) is 7.57. The lowest BCUT2D eigenvalue weighted by Crippen LogP contribution is -1.47. The number of unbranched alkanes of at least 4 members (excludes halogenated alkanes) is 1. The van der Waals surface area contributed by atoms with Crippen LogP contribution in [0.1, 0.15) is 103 Å². The van der Waals surface area contributed by atoms with Crippen LogP contribution in [-0.4, -0.2) is 0 Å². The van der Waals surface area contributed by atoms with E-state index in [1.165, 1.54) is 12.8 Å². The summed E-state index contributed by atoms with van der Waals surface area (Å²) in [7, 11) is 0. The summed E-state index contributed by atoms with van der Waals surface area (Å²) in [5, 5.41) is 0. The quantitative estimate of drug-likeness (QED) is 0.431. The van der Waals surface area contributed by atoms with Gasteiger partial charge in [0.1, 0.15) is 0 Å². The zero-order valence-corrected chi connectivity index (χ0v) is 13.4. The van der Waals surface area contributed by atoms with Gasteiger partial charge in [0.2, 0.25) is 0 Å². The number of rotatable bonds is 1. The molecular weight excluding hydrogens is 180 g/mol. The van der Waals surface area contributed by atoms with Crippen LogP contribution in [0.25, 0.3) is 0 Å². The van der Waals surface area contributed by atoms with Gasteiger partial charge < -0.3 is 0 Å². The van der Waals surface area contributed by atoms with E-state index in [1.54, 1.807) is 0 Å². The van der Waals surface area contributed by atoms with E-state index >= 15 is 0 Å². The third-order valence-corrected chi connectivity index (χ3v) is 0.500. The highest BCUT2D eigenvalue weighted by molar-refractivity contribution is 4.12. The van der Waals surface area contributed by atoms with E-state index in [4.69, 9.17) is 0 Å². The first-order valence-corrected chi connectivity index (χ1v) is 6.91. The fourth-order valence-electron chi connectivity index (χ4n) is 0. The van der Waals surface area contributed by atoms with Crippen LogP contribution in [0, 0.1) is 0 Å². The van der Waals surface area contributed by atoms with E-state index in [0.717, 1.165) is 0 Å². The largest absolute Gasteiger partial charge is 0.0776 e. The van der Waals surface area contributed by atoms with Crippen LogP contribution in [-0.2, 0) is 0 Å². The Morgan fingerprint density at radius 1 is 0.400 bits per heavy atom. The molecule has 0 nitrogen and oxygen atoms in total. The number of hydrogen-bond donors (Lipinski definition) is 0. The molecule has 0 unspecified atom stereocenters. The third kappa shape index (κ3) is 2020. The lowest BCUT2D eigenvalue weighted by Gasteiger charge is -1.68. The Hall–Kier alpha value is 0. The molecule has 0 rings (SSSR count). The van der Waals surface area contributed by atoms with E-state index < -0.39 is 0 Å². The van der Waals surface area contributed by atoms with Crippen molar-refractivity contribution in [3.63, 3.8) is 0 Å².